The molecule has 0 spiro atoms. The number of anilines is 2. The van der Waals surface area contributed by atoms with Gasteiger partial charge in [-0.25, -0.2) is 4.98 Å². The van der Waals surface area contributed by atoms with Crippen molar-refractivity contribution in [2.75, 3.05) is 17.2 Å². The Morgan fingerprint density at radius 2 is 2.00 bits per heavy atom. The summed E-state index contributed by atoms with van der Waals surface area (Å²) in [5, 5.41) is 0. The van der Waals surface area contributed by atoms with E-state index >= 15 is 0 Å². The molecule has 0 atom stereocenters. The maximum absolute atomic E-state index is 12.5. The van der Waals surface area contributed by atoms with Crippen LogP contribution in [0.5, 0.6) is 0 Å². The van der Waals surface area contributed by atoms with Crippen molar-refractivity contribution in [3.63, 3.8) is 0 Å². The van der Waals surface area contributed by atoms with Crippen LogP contribution in [0.3, 0.4) is 0 Å². The molecule has 1 rings (SSSR count). The molecule has 0 aliphatic rings. The molecular weight excluding hydrogens is 231 g/mol. The van der Waals surface area contributed by atoms with Crippen LogP contribution in [0.4, 0.5) is 24.7 Å². The predicted octanol–water partition coefficient (Wildman–Crippen LogP) is 2.75. The number of nitrogens with zero attached hydrogens (tertiary/aromatic N) is 2. The first kappa shape index (κ1) is 13.6. The van der Waals surface area contributed by atoms with E-state index in [2.05, 4.69) is 4.98 Å². The van der Waals surface area contributed by atoms with E-state index in [1.165, 1.54) is 6.20 Å². The zero-order chi connectivity index (χ0) is 13.2. The molecule has 0 fully saturated rings. The summed E-state index contributed by atoms with van der Waals surface area (Å²) >= 11 is 0. The Bertz CT molecular complexity index is 388. The Morgan fingerprint density at radius 3 is 2.47 bits per heavy atom. The zero-order valence-corrected chi connectivity index (χ0v) is 10.0. The fourth-order valence-electron chi connectivity index (χ4n) is 1.48. The predicted molar refractivity (Wildman–Crippen MR) is 61.9 cm³/mol. The molecule has 0 bridgehead atoms. The van der Waals surface area contributed by atoms with Crippen LogP contribution in [0.1, 0.15) is 19.4 Å². The largest absolute Gasteiger partial charge is 0.405 e. The van der Waals surface area contributed by atoms with Crippen LogP contribution in [0.15, 0.2) is 12.3 Å². The van der Waals surface area contributed by atoms with Crippen molar-refractivity contribution in [3.8, 4) is 0 Å². The topological polar surface area (TPSA) is 42.2 Å². The number of rotatable bonds is 3. The van der Waals surface area contributed by atoms with Crippen LogP contribution >= 0.6 is 0 Å². The summed E-state index contributed by atoms with van der Waals surface area (Å²) in [7, 11) is 0. The highest BCUT2D eigenvalue weighted by Crippen LogP contribution is 2.28. The summed E-state index contributed by atoms with van der Waals surface area (Å²) < 4.78 is 37.4. The van der Waals surface area contributed by atoms with Gasteiger partial charge in [0.05, 0.1) is 5.69 Å². The van der Waals surface area contributed by atoms with Gasteiger partial charge in [0.1, 0.15) is 6.54 Å². The van der Waals surface area contributed by atoms with E-state index < -0.39 is 12.7 Å². The maximum Gasteiger partial charge on any atom is 0.405 e. The smallest absolute Gasteiger partial charge is 0.396 e. The molecule has 0 aliphatic heterocycles. The highest BCUT2D eigenvalue weighted by Gasteiger charge is 2.33. The standard InChI is InChI=1S/C11H16F3N3/c1-7(2)17(6-11(12,13)14)10-9(15)8(3)4-5-16-10/h4-5,7H,6,15H2,1-3H3. The molecule has 17 heavy (non-hydrogen) atoms. The van der Waals surface area contributed by atoms with Crippen molar-refractivity contribution in [2.45, 2.75) is 33.0 Å². The van der Waals surface area contributed by atoms with E-state index in [1.54, 1.807) is 26.8 Å². The third-order valence-corrected chi connectivity index (χ3v) is 2.43. The maximum atomic E-state index is 12.5. The van der Waals surface area contributed by atoms with Gasteiger partial charge in [0.2, 0.25) is 0 Å². The van der Waals surface area contributed by atoms with Gasteiger partial charge in [-0.2, -0.15) is 13.2 Å². The molecule has 0 unspecified atom stereocenters. The van der Waals surface area contributed by atoms with Gasteiger partial charge in [-0.05, 0) is 32.4 Å². The fraction of sp³-hybridized carbons (Fsp3) is 0.545. The summed E-state index contributed by atoms with van der Waals surface area (Å²) in [6.45, 7) is 4.04. The molecule has 0 amide bonds. The highest BCUT2D eigenvalue weighted by molar-refractivity contribution is 5.66. The number of hydrogen-bond acceptors (Lipinski definition) is 3. The van der Waals surface area contributed by atoms with Crippen molar-refractivity contribution in [1.82, 2.24) is 4.98 Å². The van der Waals surface area contributed by atoms with Gasteiger partial charge < -0.3 is 10.6 Å². The molecular formula is C11H16F3N3. The Hall–Kier alpha value is -1.46. The quantitative estimate of drug-likeness (QED) is 0.893. The lowest BCUT2D eigenvalue weighted by Gasteiger charge is -2.30. The molecule has 0 aliphatic carbocycles. The molecule has 1 aromatic rings. The van der Waals surface area contributed by atoms with E-state index in [-0.39, 0.29) is 11.9 Å². The van der Waals surface area contributed by atoms with Crippen molar-refractivity contribution < 1.29 is 13.2 Å². The number of aromatic nitrogens is 1. The summed E-state index contributed by atoms with van der Waals surface area (Å²) in [5.74, 6) is 0.192. The summed E-state index contributed by atoms with van der Waals surface area (Å²) in [4.78, 5) is 5.10. The zero-order valence-electron chi connectivity index (χ0n) is 10.0. The molecule has 0 saturated heterocycles. The third-order valence-electron chi connectivity index (χ3n) is 2.43. The minimum Gasteiger partial charge on any atom is -0.396 e. The van der Waals surface area contributed by atoms with Crippen LogP contribution in [0.25, 0.3) is 0 Å². The van der Waals surface area contributed by atoms with Gasteiger partial charge in [0.25, 0.3) is 0 Å². The van der Waals surface area contributed by atoms with Gasteiger partial charge >= 0.3 is 6.18 Å². The number of nitrogen functional groups attached to an aromatic ring is 1. The molecule has 1 aromatic heterocycles. The van der Waals surface area contributed by atoms with Crippen LogP contribution in [0.2, 0.25) is 0 Å². The van der Waals surface area contributed by atoms with Crippen LogP contribution < -0.4 is 10.6 Å². The van der Waals surface area contributed by atoms with E-state index in [4.69, 9.17) is 5.73 Å². The Morgan fingerprint density at radius 1 is 1.41 bits per heavy atom. The Labute approximate surface area is 98.4 Å². The number of hydrogen-bond donors (Lipinski definition) is 1. The van der Waals surface area contributed by atoms with E-state index in [0.29, 0.717) is 5.69 Å². The molecule has 0 aromatic carbocycles. The molecule has 1 heterocycles. The average molecular weight is 247 g/mol. The number of nitrogens with two attached hydrogens (primary N) is 1. The molecule has 2 N–H and O–H groups in total. The lowest BCUT2D eigenvalue weighted by molar-refractivity contribution is -0.120. The number of pyridine rings is 1. The van der Waals surface area contributed by atoms with E-state index in [0.717, 1.165) is 10.5 Å². The minimum atomic E-state index is -4.28. The van der Waals surface area contributed by atoms with Crippen LogP contribution in [0, 0.1) is 6.92 Å². The van der Waals surface area contributed by atoms with E-state index in [9.17, 15) is 13.2 Å². The van der Waals surface area contributed by atoms with Gasteiger partial charge in [0.15, 0.2) is 5.82 Å². The number of halogens is 3. The van der Waals surface area contributed by atoms with Crippen molar-refractivity contribution >= 4 is 11.5 Å². The van der Waals surface area contributed by atoms with Crippen LogP contribution in [-0.2, 0) is 0 Å². The second kappa shape index (κ2) is 4.81. The third kappa shape index (κ3) is 3.51. The van der Waals surface area contributed by atoms with E-state index in [1.807, 2.05) is 0 Å². The summed E-state index contributed by atoms with van der Waals surface area (Å²) in [6, 6.07) is 1.35. The van der Waals surface area contributed by atoms with Gasteiger partial charge in [-0.1, -0.05) is 0 Å². The Kier molecular flexibility index (Phi) is 3.85. The highest BCUT2D eigenvalue weighted by atomic mass is 19.4. The van der Waals surface area contributed by atoms with Crippen molar-refractivity contribution in [3.05, 3.63) is 17.8 Å². The lowest BCUT2D eigenvalue weighted by Crippen LogP contribution is -2.40. The van der Waals surface area contributed by atoms with Gasteiger partial charge in [0, 0.05) is 12.2 Å². The average Bonchev–Trinajstić information content (AvgIpc) is 2.17. The second-order valence-corrected chi connectivity index (χ2v) is 4.20. The first-order valence-electron chi connectivity index (χ1n) is 5.27. The summed E-state index contributed by atoms with van der Waals surface area (Å²) in [6.07, 6.45) is -2.81. The number of alkyl halides is 3. The molecule has 3 nitrogen and oxygen atoms in total. The second-order valence-electron chi connectivity index (χ2n) is 4.20. The van der Waals surface area contributed by atoms with Crippen molar-refractivity contribution in [2.24, 2.45) is 0 Å². The van der Waals surface area contributed by atoms with Crippen molar-refractivity contribution in [1.29, 1.82) is 0 Å². The molecule has 0 radical (unpaired) electrons. The first-order chi connectivity index (χ1) is 7.72. The SMILES string of the molecule is Cc1ccnc(N(CC(F)(F)F)C(C)C)c1N. The monoisotopic (exact) mass is 247 g/mol. The normalized spacial score (nSPS) is 11.9. The van der Waals surface area contributed by atoms with Crippen LogP contribution in [-0.4, -0.2) is 23.7 Å². The molecule has 96 valence electrons. The number of aryl methyl sites for hydroxylation is 1. The Balaban J connectivity index is 3.10. The van der Waals surface area contributed by atoms with Gasteiger partial charge in [-0.3, -0.25) is 0 Å². The molecule has 0 saturated carbocycles. The minimum absolute atomic E-state index is 0.192. The first-order valence-corrected chi connectivity index (χ1v) is 5.27. The summed E-state index contributed by atoms with van der Waals surface area (Å²) in [5.41, 5.74) is 6.79. The fourth-order valence-corrected chi connectivity index (χ4v) is 1.48. The lowest BCUT2D eigenvalue weighted by atomic mass is 10.2. The molecule has 6 heteroatoms. The van der Waals surface area contributed by atoms with Gasteiger partial charge in [-0.15, -0.1) is 0 Å².